The molecule has 0 radical (unpaired) electrons. The molecule has 1 aliphatic heterocycles. The molecule has 4 atom stereocenters. The van der Waals surface area contributed by atoms with Gasteiger partial charge in [0.25, 0.3) is 0 Å². The summed E-state index contributed by atoms with van der Waals surface area (Å²) in [6, 6.07) is 7.16. The molecule has 1 fully saturated rings. The third-order valence-corrected chi connectivity index (χ3v) is 5.21. The highest BCUT2D eigenvalue weighted by atomic mass is 32.1. The minimum Gasteiger partial charge on any atom is -0.508 e. The molecule has 1 heterocycles. The quantitative estimate of drug-likeness (QED) is 0.538. The first-order chi connectivity index (χ1) is 11.4. The lowest BCUT2D eigenvalue weighted by Gasteiger charge is -2.35. The van der Waals surface area contributed by atoms with E-state index in [4.69, 9.17) is 5.73 Å². The average Bonchev–Trinajstić information content (AvgIpc) is 2.92. The highest BCUT2D eigenvalue weighted by molar-refractivity contribution is 7.81. The van der Waals surface area contributed by atoms with E-state index in [1.54, 1.807) is 12.1 Å². The van der Waals surface area contributed by atoms with Gasteiger partial charge in [0, 0.05) is 30.9 Å². The molecule has 0 bridgehead atoms. The number of rotatable bonds is 8. The maximum absolute atomic E-state index is 12.1. The molecule has 1 aliphatic rings. The number of phenols is 1. The standard InChI is InChI=1S/C18H29N3O2S/c1-3-12(2)17(18(19)23)21(11-14-8-16(24)9-20-14)10-13-5-4-6-15(22)7-13/h4-7,12,14,16-17,20,22,24H,3,8-11H2,1-2H3,(H2,19,23)/t12-,14-,16-,17-/m0/s1. The van der Waals surface area contributed by atoms with Crippen molar-refractivity contribution in [3.8, 4) is 5.75 Å². The Labute approximate surface area is 150 Å². The van der Waals surface area contributed by atoms with Crippen molar-refractivity contribution in [3.63, 3.8) is 0 Å². The minimum atomic E-state index is -0.321. The predicted octanol–water partition coefficient (Wildman–Crippen LogP) is 1.75. The first-order valence-electron chi connectivity index (χ1n) is 8.63. The van der Waals surface area contributed by atoms with Crippen LogP contribution in [0.15, 0.2) is 24.3 Å². The Morgan fingerprint density at radius 1 is 1.54 bits per heavy atom. The molecule has 134 valence electrons. The van der Waals surface area contributed by atoms with Crippen LogP contribution in [0.1, 0.15) is 32.3 Å². The van der Waals surface area contributed by atoms with Crippen molar-refractivity contribution >= 4 is 18.5 Å². The van der Waals surface area contributed by atoms with Gasteiger partial charge in [-0.1, -0.05) is 32.4 Å². The zero-order chi connectivity index (χ0) is 17.7. The van der Waals surface area contributed by atoms with Crippen molar-refractivity contribution in [2.45, 2.75) is 50.6 Å². The van der Waals surface area contributed by atoms with Crippen molar-refractivity contribution in [1.29, 1.82) is 0 Å². The summed E-state index contributed by atoms with van der Waals surface area (Å²) < 4.78 is 0. The molecule has 4 N–H and O–H groups in total. The number of phenolic OH excluding ortho intramolecular Hbond substituents is 1. The fraction of sp³-hybridized carbons (Fsp3) is 0.611. The molecule has 0 unspecified atom stereocenters. The molecule has 24 heavy (non-hydrogen) atoms. The summed E-state index contributed by atoms with van der Waals surface area (Å²) in [7, 11) is 0. The molecule has 1 saturated heterocycles. The molecule has 0 aromatic heterocycles. The van der Waals surface area contributed by atoms with Gasteiger partial charge in [0.1, 0.15) is 5.75 Å². The predicted molar refractivity (Wildman–Crippen MR) is 100 cm³/mol. The SMILES string of the molecule is CC[C@H](C)[C@@H](C(N)=O)N(Cc1cccc(O)c1)C[C@@H]1C[C@H](S)CN1. The number of benzene rings is 1. The van der Waals surface area contributed by atoms with Crippen molar-refractivity contribution in [3.05, 3.63) is 29.8 Å². The fourth-order valence-corrected chi connectivity index (χ4v) is 3.79. The summed E-state index contributed by atoms with van der Waals surface area (Å²) in [5.74, 6) is 0.124. The van der Waals surface area contributed by atoms with Crippen LogP contribution in [0, 0.1) is 5.92 Å². The highest BCUT2D eigenvalue weighted by Crippen LogP contribution is 2.22. The summed E-state index contributed by atoms with van der Waals surface area (Å²) in [6.45, 7) is 6.35. The molecular formula is C18H29N3O2S. The van der Waals surface area contributed by atoms with Gasteiger partial charge in [0.15, 0.2) is 0 Å². The molecule has 0 spiro atoms. The van der Waals surface area contributed by atoms with Gasteiger partial charge in [-0.15, -0.1) is 0 Å². The van der Waals surface area contributed by atoms with Crippen LogP contribution in [-0.2, 0) is 11.3 Å². The molecule has 1 aromatic rings. The van der Waals surface area contributed by atoms with E-state index in [9.17, 15) is 9.90 Å². The van der Waals surface area contributed by atoms with Gasteiger partial charge in [-0.25, -0.2) is 0 Å². The number of carbonyl (C=O) groups excluding carboxylic acids is 1. The molecule has 1 aromatic carbocycles. The summed E-state index contributed by atoms with van der Waals surface area (Å²) in [6.07, 6.45) is 1.86. The van der Waals surface area contributed by atoms with Crippen LogP contribution in [0.5, 0.6) is 5.75 Å². The number of hydrogen-bond donors (Lipinski definition) is 4. The first-order valence-corrected chi connectivity index (χ1v) is 9.15. The van der Waals surface area contributed by atoms with E-state index >= 15 is 0 Å². The minimum absolute atomic E-state index is 0.174. The van der Waals surface area contributed by atoms with Crippen LogP contribution in [0.2, 0.25) is 0 Å². The number of nitrogens with one attached hydrogen (secondary N) is 1. The van der Waals surface area contributed by atoms with Crippen molar-refractivity contribution in [1.82, 2.24) is 10.2 Å². The second kappa shape index (κ2) is 8.74. The van der Waals surface area contributed by atoms with Crippen LogP contribution in [0.25, 0.3) is 0 Å². The monoisotopic (exact) mass is 351 g/mol. The van der Waals surface area contributed by atoms with Gasteiger partial charge in [0.05, 0.1) is 6.04 Å². The van der Waals surface area contributed by atoms with Crippen LogP contribution in [0.3, 0.4) is 0 Å². The number of thiol groups is 1. The lowest BCUT2D eigenvalue weighted by atomic mass is 9.95. The molecule has 0 saturated carbocycles. The van der Waals surface area contributed by atoms with E-state index < -0.39 is 0 Å². The maximum Gasteiger partial charge on any atom is 0.235 e. The van der Waals surface area contributed by atoms with Crippen molar-refractivity contribution < 1.29 is 9.90 Å². The van der Waals surface area contributed by atoms with Crippen molar-refractivity contribution in [2.24, 2.45) is 11.7 Å². The Bertz CT molecular complexity index is 555. The van der Waals surface area contributed by atoms with Crippen LogP contribution < -0.4 is 11.1 Å². The van der Waals surface area contributed by atoms with Crippen LogP contribution >= 0.6 is 12.6 Å². The van der Waals surface area contributed by atoms with E-state index in [0.717, 1.165) is 31.5 Å². The normalized spacial score (nSPS) is 23.3. The Balaban J connectivity index is 2.20. The Morgan fingerprint density at radius 2 is 2.29 bits per heavy atom. The van der Waals surface area contributed by atoms with E-state index in [-0.39, 0.29) is 23.6 Å². The second-order valence-electron chi connectivity index (χ2n) is 6.83. The molecule has 5 nitrogen and oxygen atoms in total. The number of aromatic hydroxyl groups is 1. The third-order valence-electron chi connectivity index (χ3n) is 4.82. The number of hydrogen-bond acceptors (Lipinski definition) is 5. The van der Waals surface area contributed by atoms with Gasteiger partial charge in [-0.2, -0.15) is 12.6 Å². The number of nitrogens with zero attached hydrogens (tertiary/aromatic N) is 1. The third kappa shape index (κ3) is 5.13. The lowest BCUT2D eigenvalue weighted by molar-refractivity contribution is -0.125. The van der Waals surface area contributed by atoms with Gasteiger partial charge >= 0.3 is 0 Å². The summed E-state index contributed by atoms with van der Waals surface area (Å²) in [5, 5.41) is 13.5. The Kier molecular flexibility index (Phi) is 6.95. The maximum atomic E-state index is 12.1. The first kappa shape index (κ1) is 19.1. The summed E-state index contributed by atoms with van der Waals surface area (Å²) in [5.41, 5.74) is 6.71. The van der Waals surface area contributed by atoms with Crippen molar-refractivity contribution in [2.75, 3.05) is 13.1 Å². The highest BCUT2D eigenvalue weighted by Gasteiger charge is 2.32. The number of carbonyl (C=O) groups is 1. The largest absolute Gasteiger partial charge is 0.508 e. The average molecular weight is 352 g/mol. The topological polar surface area (TPSA) is 78.6 Å². The van der Waals surface area contributed by atoms with E-state index in [0.29, 0.717) is 17.8 Å². The van der Waals surface area contributed by atoms with Gasteiger partial charge in [0.2, 0.25) is 5.91 Å². The van der Waals surface area contributed by atoms with Gasteiger partial charge < -0.3 is 16.2 Å². The summed E-state index contributed by atoms with van der Waals surface area (Å²) in [4.78, 5) is 14.3. The van der Waals surface area contributed by atoms with Crippen LogP contribution in [0.4, 0.5) is 0 Å². The Morgan fingerprint density at radius 3 is 2.83 bits per heavy atom. The fourth-order valence-electron chi connectivity index (χ4n) is 3.43. The van der Waals surface area contributed by atoms with E-state index in [2.05, 4.69) is 36.7 Å². The molecule has 1 amide bonds. The van der Waals surface area contributed by atoms with Gasteiger partial charge in [-0.3, -0.25) is 9.69 Å². The summed E-state index contributed by atoms with van der Waals surface area (Å²) >= 11 is 4.53. The smallest absolute Gasteiger partial charge is 0.235 e. The van der Waals surface area contributed by atoms with E-state index in [1.807, 2.05) is 12.1 Å². The zero-order valence-corrected chi connectivity index (χ0v) is 15.4. The van der Waals surface area contributed by atoms with Crippen LogP contribution in [-0.4, -0.2) is 46.3 Å². The molecule has 0 aliphatic carbocycles. The molecule has 2 rings (SSSR count). The second-order valence-corrected chi connectivity index (χ2v) is 7.56. The lowest BCUT2D eigenvalue weighted by Crippen LogP contribution is -2.51. The number of amides is 1. The zero-order valence-electron chi connectivity index (χ0n) is 14.5. The number of nitrogens with two attached hydrogens (primary N) is 1. The molecular weight excluding hydrogens is 322 g/mol. The number of primary amides is 1. The van der Waals surface area contributed by atoms with Gasteiger partial charge in [-0.05, 0) is 30.0 Å². The van der Waals surface area contributed by atoms with E-state index in [1.165, 1.54) is 0 Å². The Hall–Kier alpha value is -1.24. The molecule has 6 heteroatoms.